The van der Waals surface area contributed by atoms with Crippen LogP contribution in [-0.4, -0.2) is 12.3 Å². The van der Waals surface area contributed by atoms with Gasteiger partial charge < -0.3 is 24.0 Å². The van der Waals surface area contributed by atoms with Crippen LogP contribution in [0.25, 0.3) is 0 Å². The molecule has 0 saturated heterocycles. The molecule has 0 fully saturated rings. The zero-order valence-corrected chi connectivity index (χ0v) is 28.2. The van der Waals surface area contributed by atoms with Crippen molar-refractivity contribution < 1.29 is 24.0 Å². The lowest BCUT2D eigenvalue weighted by molar-refractivity contribution is -0.00000788. The Bertz CT molecular complexity index is 679. The Labute approximate surface area is 255 Å². The topological polar surface area (TPSA) is 0 Å². The van der Waals surface area contributed by atoms with Gasteiger partial charge in [-0.2, -0.15) is 0 Å². The predicted octanol–water partition coefficient (Wildman–Crippen LogP) is 8.50. The van der Waals surface area contributed by atoms with Gasteiger partial charge >= 0.3 is 0 Å². The summed E-state index contributed by atoms with van der Waals surface area (Å²) in [5, 5.41) is 3.29. The van der Waals surface area contributed by atoms with Crippen molar-refractivity contribution in [3.05, 3.63) is 60.7 Å². The summed E-state index contributed by atoms with van der Waals surface area (Å²) in [6.07, 6.45) is 31.2. The third-order valence-corrected chi connectivity index (χ3v) is 13.0. The minimum atomic E-state index is -1.35. The molecule has 0 radical (unpaired) electrons. The molecule has 0 aliphatic heterocycles. The average molecular weight is 651 g/mol. The minimum Gasteiger partial charge on any atom is -1.00 e. The molecule has 0 spiro atoms. The highest BCUT2D eigenvalue weighted by atomic mass is 127. The maximum atomic E-state index is 2.45. The standard InChI is InChI=1S/C36H60P.HI/c1-3-5-7-9-11-13-15-17-19-27-33-37(35-29-23-21-24-30-35,36-31-25-22-26-32-36)34-28-20-18-16-14-12-10-8-6-4-2;/h21-26,29-32H,3-20,27-28,33-34H2,1-2H3;1H/q+1;/p-1. The zero-order valence-electron chi connectivity index (χ0n) is 25.2. The lowest BCUT2D eigenvalue weighted by Gasteiger charge is -2.28. The highest BCUT2D eigenvalue weighted by molar-refractivity contribution is 7.89. The molecule has 0 aliphatic rings. The molecule has 0 bridgehead atoms. The van der Waals surface area contributed by atoms with Crippen LogP contribution in [0.4, 0.5) is 0 Å². The van der Waals surface area contributed by atoms with Gasteiger partial charge in [0.05, 0.1) is 30.2 Å². The highest BCUT2D eigenvalue weighted by Crippen LogP contribution is 2.57. The monoisotopic (exact) mass is 650 g/mol. The predicted molar refractivity (Wildman–Crippen MR) is 172 cm³/mol. The van der Waals surface area contributed by atoms with E-state index in [1.165, 1.54) is 141 Å². The lowest BCUT2D eigenvalue weighted by atomic mass is 10.1. The van der Waals surface area contributed by atoms with Gasteiger partial charge in [0, 0.05) is 0 Å². The summed E-state index contributed by atoms with van der Waals surface area (Å²) in [4.78, 5) is 0. The average Bonchev–Trinajstić information content (AvgIpc) is 2.95. The Morgan fingerprint density at radius 1 is 0.368 bits per heavy atom. The quantitative estimate of drug-likeness (QED) is 0.0608. The minimum absolute atomic E-state index is 0. The Morgan fingerprint density at radius 3 is 0.921 bits per heavy atom. The van der Waals surface area contributed by atoms with Crippen molar-refractivity contribution in [2.75, 3.05) is 12.3 Å². The third-order valence-electron chi connectivity index (χ3n) is 8.29. The molecule has 2 aromatic rings. The van der Waals surface area contributed by atoms with Crippen LogP contribution in [0.15, 0.2) is 60.7 Å². The van der Waals surface area contributed by atoms with E-state index in [0.29, 0.717) is 0 Å². The van der Waals surface area contributed by atoms with Crippen LogP contribution < -0.4 is 34.6 Å². The van der Waals surface area contributed by atoms with Crippen molar-refractivity contribution in [1.29, 1.82) is 0 Å². The van der Waals surface area contributed by atoms with Gasteiger partial charge in [0.25, 0.3) is 0 Å². The van der Waals surface area contributed by atoms with Crippen LogP contribution in [0.5, 0.6) is 0 Å². The Morgan fingerprint density at radius 2 is 0.632 bits per heavy atom. The molecule has 0 amide bonds. The van der Waals surface area contributed by atoms with E-state index >= 15 is 0 Å². The van der Waals surface area contributed by atoms with Crippen molar-refractivity contribution in [2.45, 2.75) is 142 Å². The third kappa shape index (κ3) is 14.8. The van der Waals surface area contributed by atoms with Crippen LogP contribution in [0.2, 0.25) is 0 Å². The van der Waals surface area contributed by atoms with Crippen molar-refractivity contribution in [2.24, 2.45) is 0 Å². The van der Waals surface area contributed by atoms with Gasteiger partial charge in [-0.05, 0) is 49.9 Å². The van der Waals surface area contributed by atoms with Crippen LogP contribution in [-0.2, 0) is 0 Å². The van der Waals surface area contributed by atoms with Gasteiger partial charge in [-0.15, -0.1) is 0 Å². The second-order valence-corrected chi connectivity index (χ2v) is 15.3. The van der Waals surface area contributed by atoms with E-state index in [1.807, 2.05) is 0 Å². The number of hydrogen-bond acceptors (Lipinski definition) is 0. The molecule has 2 heteroatoms. The fourth-order valence-corrected chi connectivity index (χ4v) is 10.5. The largest absolute Gasteiger partial charge is 1.00 e. The molecule has 0 N–H and O–H groups in total. The summed E-state index contributed by atoms with van der Waals surface area (Å²) in [7, 11) is -1.35. The molecule has 0 aromatic heterocycles. The summed E-state index contributed by atoms with van der Waals surface area (Å²) in [6, 6.07) is 23.3. The first-order chi connectivity index (χ1) is 18.3. The Kier molecular flexibility index (Phi) is 22.9. The first-order valence-electron chi connectivity index (χ1n) is 16.3. The second-order valence-electron chi connectivity index (χ2n) is 11.5. The molecule has 0 heterocycles. The van der Waals surface area contributed by atoms with E-state index < -0.39 is 7.26 Å². The van der Waals surface area contributed by atoms with Crippen LogP contribution >= 0.6 is 7.26 Å². The first-order valence-corrected chi connectivity index (χ1v) is 18.5. The van der Waals surface area contributed by atoms with E-state index in [0.717, 1.165) is 0 Å². The van der Waals surface area contributed by atoms with Crippen molar-refractivity contribution in [3.63, 3.8) is 0 Å². The van der Waals surface area contributed by atoms with Crippen LogP contribution in [0.3, 0.4) is 0 Å². The van der Waals surface area contributed by atoms with Crippen molar-refractivity contribution in [1.82, 2.24) is 0 Å². The van der Waals surface area contributed by atoms with E-state index in [-0.39, 0.29) is 24.0 Å². The first kappa shape index (κ1) is 35.6. The molecule has 0 atom stereocenters. The summed E-state index contributed by atoms with van der Waals surface area (Å²) < 4.78 is 0. The zero-order chi connectivity index (χ0) is 26.3. The summed E-state index contributed by atoms with van der Waals surface area (Å²) in [6.45, 7) is 4.62. The number of hydrogen-bond donors (Lipinski definition) is 0. The van der Waals surface area contributed by atoms with Gasteiger partial charge in [-0.1, -0.05) is 153 Å². The summed E-state index contributed by atoms with van der Waals surface area (Å²) in [5.41, 5.74) is 0. The van der Waals surface area contributed by atoms with E-state index in [9.17, 15) is 0 Å². The number of unbranched alkanes of at least 4 members (excludes halogenated alkanes) is 18. The van der Waals surface area contributed by atoms with Crippen molar-refractivity contribution >= 4 is 17.9 Å². The maximum Gasteiger partial charge on any atom is 0.0991 e. The fraction of sp³-hybridized carbons (Fsp3) is 0.667. The second kappa shape index (κ2) is 24.4. The van der Waals surface area contributed by atoms with Gasteiger partial charge in [0.1, 0.15) is 0 Å². The summed E-state index contributed by atoms with van der Waals surface area (Å²) >= 11 is 0. The molecule has 0 saturated carbocycles. The van der Waals surface area contributed by atoms with Gasteiger partial charge in [-0.25, -0.2) is 0 Å². The molecule has 0 nitrogen and oxygen atoms in total. The maximum absolute atomic E-state index is 2.45. The molecule has 0 aliphatic carbocycles. The molecule has 216 valence electrons. The summed E-state index contributed by atoms with van der Waals surface area (Å²) in [5.74, 6) is 0. The molecule has 38 heavy (non-hydrogen) atoms. The molecule has 2 aromatic carbocycles. The van der Waals surface area contributed by atoms with Gasteiger partial charge in [0.2, 0.25) is 0 Å². The van der Waals surface area contributed by atoms with E-state index in [2.05, 4.69) is 74.5 Å². The Balaban J connectivity index is 0.00000722. The van der Waals surface area contributed by atoms with Crippen LogP contribution in [0.1, 0.15) is 142 Å². The Hall–Kier alpha value is -0.400. The lowest BCUT2D eigenvalue weighted by Crippen LogP contribution is -3.00. The van der Waals surface area contributed by atoms with Crippen LogP contribution in [0, 0.1) is 0 Å². The molecular formula is C36H60IP. The van der Waals surface area contributed by atoms with Crippen molar-refractivity contribution in [3.8, 4) is 0 Å². The normalized spacial score (nSPS) is 11.4. The van der Waals surface area contributed by atoms with Gasteiger partial charge in [-0.3, -0.25) is 0 Å². The number of rotatable bonds is 24. The molecule has 2 rings (SSSR count). The van der Waals surface area contributed by atoms with E-state index in [1.54, 1.807) is 10.6 Å². The highest BCUT2D eigenvalue weighted by Gasteiger charge is 2.41. The van der Waals surface area contributed by atoms with E-state index in [4.69, 9.17) is 0 Å². The number of halogens is 1. The van der Waals surface area contributed by atoms with Gasteiger partial charge in [0.15, 0.2) is 0 Å². The SMILES string of the molecule is CCCCCCCCCCCC[P+](CCCCCCCCCCCC)(c1ccccc1)c1ccccc1.[I-]. The smallest absolute Gasteiger partial charge is 0.0991 e. The number of benzene rings is 2. The molecular weight excluding hydrogens is 590 g/mol. The molecule has 0 unspecified atom stereocenters. The fourth-order valence-electron chi connectivity index (χ4n) is 5.94.